The van der Waals surface area contributed by atoms with Crippen LogP contribution in [0, 0.1) is 6.92 Å². The van der Waals surface area contributed by atoms with Gasteiger partial charge in [-0.2, -0.15) is 5.10 Å². The van der Waals surface area contributed by atoms with E-state index in [1.807, 2.05) is 37.3 Å². The summed E-state index contributed by atoms with van der Waals surface area (Å²) in [6.07, 6.45) is 1.56. The summed E-state index contributed by atoms with van der Waals surface area (Å²) in [4.78, 5) is 16.2. The van der Waals surface area contributed by atoms with Crippen molar-refractivity contribution in [2.75, 3.05) is 0 Å². The lowest BCUT2D eigenvalue weighted by Gasteiger charge is -2.06. The van der Waals surface area contributed by atoms with Crippen LogP contribution in [0.1, 0.15) is 27.2 Å². The highest BCUT2D eigenvalue weighted by molar-refractivity contribution is 5.87. The summed E-state index contributed by atoms with van der Waals surface area (Å²) in [6.45, 7) is 2.09. The highest BCUT2D eigenvalue weighted by Crippen LogP contribution is 2.25. The Hall–Kier alpha value is -3.61. The van der Waals surface area contributed by atoms with Crippen molar-refractivity contribution >= 4 is 12.2 Å². The van der Waals surface area contributed by atoms with Gasteiger partial charge in [-0.25, -0.2) is 9.48 Å². The Labute approximate surface area is 156 Å². The molecule has 138 valence electrons. The van der Waals surface area contributed by atoms with Gasteiger partial charge in [0.15, 0.2) is 0 Å². The number of carbonyl (C=O) groups is 1. The van der Waals surface area contributed by atoms with E-state index in [0.717, 1.165) is 16.8 Å². The molecule has 7 nitrogen and oxygen atoms in total. The van der Waals surface area contributed by atoms with Crippen LogP contribution in [0.4, 0.5) is 0 Å². The molecule has 1 aromatic heterocycles. The number of benzene rings is 2. The minimum atomic E-state index is -0.960. The number of aromatic carboxylic acids is 1. The van der Waals surface area contributed by atoms with Gasteiger partial charge in [-0.1, -0.05) is 35.5 Å². The third-order valence-electron chi connectivity index (χ3n) is 3.86. The third-order valence-corrected chi connectivity index (χ3v) is 3.86. The number of para-hydroxylation sites is 1. The molecular formula is C20H19N3O4. The number of hydrogen-bond donors (Lipinski definition) is 1. The van der Waals surface area contributed by atoms with Crippen molar-refractivity contribution in [1.29, 1.82) is 0 Å². The summed E-state index contributed by atoms with van der Waals surface area (Å²) < 4.78 is 7.56. The summed E-state index contributed by atoms with van der Waals surface area (Å²) >= 11 is 0. The lowest BCUT2D eigenvalue weighted by atomic mass is 10.1. The van der Waals surface area contributed by atoms with Crippen LogP contribution in [0.2, 0.25) is 0 Å². The Morgan fingerprint density at radius 2 is 1.89 bits per heavy atom. The first-order valence-electron chi connectivity index (χ1n) is 8.28. The molecule has 0 saturated carbocycles. The van der Waals surface area contributed by atoms with E-state index >= 15 is 0 Å². The van der Waals surface area contributed by atoms with Crippen molar-refractivity contribution in [2.45, 2.75) is 13.5 Å². The van der Waals surface area contributed by atoms with Crippen molar-refractivity contribution < 1.29 is 19.5 Å². The molecular weight excluding hydrogens is 346 g/mol. The van der Waals surface area contributed by atoms with Crippen LogP contribution in [-0.2, 0) is 18.5 Å². The summed E-state index contributed by atoms with van der Waals surface area (Å²) in [5.74, 6) is 0.310. The SMILES string of the molecule is Cc1nn(C)c(Oc2ccccc2)c1/C=N/OCc1ccc(C(=O)O)cc1. The molecule has 3 aromatic rings. The molecule has 2 aromatic carbocycles. The number of ether oxygens (including phenoxy) is 1. The first kappa shape index (κ1) is 18.2. The first-order chi connectivity index (χ1) is 13.0. The van der Waals surface area contributed by atoms with Gasteiger partial charge in [0.05, 0.1) is 23.0 Å². The molecule has 0 amide bonds. The van der Waals surface area contributed by atoms with Gasteiger partial charge in [0, 0.05) is 7.05 Å². The van der Waals surface area contributed by atoms with E-state index in [-0.39, 0.29) is 12.2 Å². The predicted molar refractivity (Wildman–Crippen MR) is 100 cm³/mol. The van der Waals surface area contributed by atoms with Gasteiger partial charge in [0.1, 0.15) is 12.4 Å². The number of carboxylic acid groups (broad SMARTS) is 1. The van der Waals surface area contributed by atoms with Crippen molar-refractivity contribution in [3.8, 4) is 11.6 Å². The summed E-state index contributed by atoms with van der Waals surface area (Å²) in [7, 11) is 1.80. The molecule has 0 aliphatic heterocycles. The van der Waals surface area contributed by atoms with Crippen molar-refractivity contribution in [3.05, 3.63) is 77.0 Å². The van der Waals surface area contributed by atoms with Gasteiger partial charge in [0.25, 0.3) is 0 Å². The van der Waals surface area contributed by atoms with E-state index in [4.69, 9.17) is 14.7 Å². The van der Waals surface area contributed by atoms with Gasteiger partial charge in [-0.15, -0.1) is 0 Å². The Kier molecular flexibility index (Phi) is 5.51. The number of aryl methyl sites for hydroxylation is 2. The molecule has 0 aliphatic carbocycles. The maximum Gasteiger partial charge on any atom is 0.335 e. The second-order valence-corrected chi connectivity index (χ2v) is 5.85. The van der Waals surface area contributed by atoms with Gasteiger partial charge in [-0.05, 0) is 36.8 Å². The van der Waals surface area contributed by atoms with Gasteiger partial charge in [0.2, 0.25) is 5.88 Å². The van der Waals surface area contributed by atoms with Crippen molar-refractivity contribution in [1.82, 2.24) is 9.78 Å². The predicted octanol–water partition coefficient (Wildman–Crippen LogP) is 3.77. The summed E-state index contributed by atoms with van der Waals surface area (Å²) in [5.41, 5.74) is 2.54. The molecule has 0 saturated heterocycles. The third kappa shape index (κ3) is 4.52. The smallest absolute Gasteiger partial charge is 0.335 e. The second-order valence-electron chi connectivity index (χ2n) is 5.85. The average Bonchev–Trinajstić information content (AvgIpc) is 2.93. The summed E-state index contributed by atoms with van der Waals surface area (Å²) in [5, 5.41) is 17.3. The number of hydrogen-bond acceptors (Lipinski definition) is 5. The highest BCUT2D eigenvalue weighted by atomic mass is 16.6. The molecule has 27 heavy (non-hydrogen) atoms. The van der Waals surface area contributed by atoms with Crippen LogP contribution in [0.5, 0.6) is 11.6 Å². The lowest BCUT2D eigenvalue weighted by Crippen LogP contribution is -1.97. The molecule has 0 unspecified atom stereocenters. The molecule has 3 rings (SSSR count). The van der Waals surface area contributed by atoms with E-state index in [2.05, 4.69) is 10.3 Å². The lowest BCUT2D eigenvalue weighted by molar-refractivity contribution is 0.0696. The number of aromatic nitrogens is 2. The Bertz CT molecular complexity index is 947. The number of nitrogens with zero attached hydrogens (tertiary/aromatic N) is 3. The molecule has 0 fully saturated rings. The Morgan fingerprint density at radius 1 is 1.19 bits per heavy atom. The maximum atomic E-state index is 10.9. The minimum absolute atomic E-state index is 0.227. The van der Waals surface area contributed by atoms with E-state index in [1.54, 1.807) is 30.1 Å². The fraction of sp³-hybridized carbons (Fsp3) is 0.150. The zero-order valence-corrected chi connectivity index (χ0v) is 15.0. The largest absolute Gasteiger partial charge is 0.478 e. The molecule has 1 heterocycles. The van der Waals surface area contributed by atoms with Crippen LogP contribution >= 0.6 is 0 Å². The topological polar surface area (TPSA) is 85.9 Å². The monoisotopic (exact) mass is 365 g/mol. The first-order valence-corrected chi connectivity index (χ1v) is 8.28. The Balaban J connectivity index is 1.67. The van der Waals surface area contributed by atoms with Crippen LogP contribution in [0.25, 0.3) is 0 Å². The fourth-order valence-corrected chi connectivity index (χ4v) is 2.47. The zero-order valence-electron chi connectivity index (χ0n) is 15.0. The average molecular weight is 365 g/mol. The van der Waals surface area contributed by atoms with Crippen molar-refractivity contribution in [3.63, 3.8) is 0 Å². The standard InChI is InChI=1S/C20H19N3O4/c1-14-18(19(23(2)22-14)27-17-6-4-3-5-7-17)12-21-26-13-15-8-10-16(11-9-15)20(24)25/h3-12H,13H2,1-2H3,(H,24,25)/b21-12+. The van der Waals surface area contributed by atoms with Crippen LogP contribution < -0.4 is 4.74 Å². The molecule has 1 N–H and O–H groups in total. The van der Waals surface area contributed by atoms with E-state index in [1.165, 1.54) is 12.1 Å². The molecule has 0 aliphatic rings. The van der Waals surface area contributed by atoms with E-state index in [0.29, 0.717) is 11.6 Å². The molecule has 7 heteroatoms. The number of oxime groups is 1. The van der Waals surface area contributed by atoms with Crippen LogP contribution in [0.15, 0.2) is 59.8 Å². The van der Waals surface area contributed by atoms with Crippen LogP contribution in [-0.4, -0.2) is 27.1 Å². The maximum absolute atomic E-state index is 10.9. The van der Waals surface area contributed by atoms with Gasteiger partial charge >= 0.3 is 5.97 Å². The molecule has 0 atom stereocenters. The Morgan fingerprint density at radius 3 is 2.56 bits per heavy atom. The number of carboxylic acids is 1. The van der Waals surface area contributed by atoms with Gasteiger partial charge < -0.3 is 14.7 Å². The molecule has 0 bridgehead atoms. The summed E-state index contributed by atoms with van der Waals surface area (Å²) in [6, 6.07) is 15.9. The van der Waals surface area contributed by atoms with Crippen molar-refractivity contribution in [2.24, 2.45) is 12.2 Å². The zero-order chi connectivity index (χ0) is 19.2. The van der Waals surface area contributed by atoms with Crippen LogP contribution in [0.3, 0.4) is 0 Å². The van der Waals surface area contributed by atoms with E-state index in [9.17, 15) is 4.79 Å². The fourth-order valence-electron chi connectivity index (χ4n) is 2.47. The number of rotatable bonds is 7. The second kappa shape index (κ2) is 8.18. The van der Waals surface area contributed by atoms with E-state index < -0.39 is 5.97 Å². The quantitative estimate of drug-likeness (QED) is 0.509. The normalized spacial score (nSPS) is 10.9. The van der Waals surface area contributed by atoms with Gasteiger partial charge in [-0.3, -0.25) is 0 Å². The molecule has 0 spiro atoms. The minimum Gasteiger partial charge on any atom is -0.478 e. The molecule has 0 radical (unpaired) electrons. The highest BCUT2D eigenvalue weighted by Gasteiger charge is 2.14.